The van der Waals surface area contributed by atoms with Gasteiger partial charge in [0.25, 0.3) is 0 Å². The third kappa shape index (κ3) is 8.03. The maximum absolute atomic E-state index is 14.1. The number of carbonyl (C=O) groups is 2. The lowest BCUT2D eigenvalue weighted by atomic mass is 10.1. The molecule has 1 atom stereocenters. The lowest BCUT2D eigenvalue weighted by Crippen LogP contribution is -2.63. The summed E-state index contributed by atoms with van der Waals surface area (Å²) in [5.74, 6) is -14.0. The summed E-state index contributed by atoms with van der Waals surface area (Å²) in [5.41, 5.74) is -0.641. The largest absolute Gasteiger partial charge is 0.743 e. The fourth-order valence-corrected chi connectivity index (χ4v) is 2.95. The molecule has 0 spiro atoms. The predicted molar refractivity (Wildman–Crippen MR) is 106 cm³/mol. The third-order valence-electron chi connectivity index (χ3n) is 4.55. The summed E-state index contributed by atoms with van der Waals surface area (Å²) in [6, 6.07) is 0. The van der Waals surface area contributed by atoms with Crippen molar-refractivity contribution < 1.29 is 62.8 Å². The number of rotatable bonds is 15. The van der Waals surface area contributed by atoms with Crippen LogP contribution in [-0.4, -0.2) is 72.6 Å². The molecule has 0 aromatic carbocycles. The molecule has 0 radical (unpaired) electrons. The number of carbonyl (C=O) groups excluding carboxylic acids is 2. The highest BCUT2D eigenvalue weighted by atomic mass is 32.2. The molecule has 0 rings (SSSR count). The molecule has 1 unspecified atom stereocenters. The summed E-state index contributed by atoms with van der Waals surface area (Å²) in [5, 5.41) is -6.20. The van der Waals surface area contributed by atoms with Gasteiger partial charge in [0, 0.05) is 25.1 Å². The Morgan fingerprint density at radius 3 is 1.77 bits per heavy atom. The van der Waals surface area contributed by atoms with Gasteiger partial charge in [0.15, 0.2) is 10.1 Å². The van der Waals surface area contributed by atoms with Gasteiger partial charge in [0.05, 0.1) is 6.61 Å². The molecule has 8 nitrogen and oxygen atoms in total. The van der Waals surface area contributed by atoms with Crippen LogP contribution in [0.25, 0.3) is 0 Å². The van der Waals surface area contributed by atoms with Crippen LogP contribution in [0.1, 0.15) is 52.9 Å². The van der Waals surface area contributed by atoms with E-state index in [0.29, 0.717) is 17.7 Å². The van der Waals surface area contributed by atoms with Crippen molar-refractivity contribution in [2.75, 3.05) is 19.7 Å². The second-order valence-corrected chi connectivity index (χ2v) is 8.98. The Balaban J connectivity index is 6.40. The summed E-state index contributed by atoms with van der Waals surface area (Å²) in [6.07, 6.45) is -7.10. The van der Waals surface area contributed by atoms with Crippen LogP contribution < -0.4 is 0 Å². The van der Waals surface area contributed by atoms with Crippen LogP contribution in [0.2, 0.25) is 0 Å². The minimum Gasteiger partial charge on any atom is -0.743 e. The van der Waals surface area contributed by atoms with Gasteiger partial charge >= 0.3 is 35.0 Å². The Kier molecular flexibility index (Phi) is 11.7. The molecule has 206 valence electrons. The number of alkyl halides is 7. The summed E-state index contributed by atoms with van der Waals surface area (Å²) in [6.45, 7) is 4.68. The number of nitrogens with zero attached hydrogens (tertiary/aromatic N) is 1. The highest BCUT2D eigenvalue weighted by Gasteiger charge is 2.68. The van der Waals surface area contributed by atoms with E-state index < -0.39 is 63.7 Å². The van der Waals surface area contributed by atoms with Gasteiger partial charge in [0.1, 0.15) is 0 Å². The van der Waals surface area contributed by atoms with E-state index >= 15 is 0 Å². The van der Waals surface area contributed by atoms with Crippen molar-refractivity contribution in [1.82, 2.24) is 4.90 Å². The van der Waals surface area contributed by atoms with E-state index in [1.54, 1.807) is 13.8 Å². The van der Waals surface area contributed by atoms with E-state index in [4.69, 9.17) is 0 Å². The minimum absolute atomic E-state index is 0.198. The smallest absolute Gasteiger partial charge is 0.466 e. The standard InChI is InChI=1S/C19H28F7NO7S/c1-5-7-10-27(11-8-6-2)15(29)17(18(22,23)24,34-14(28)13(3)4)33-12-9-16(20,21)19(25,26)35(30,31)32/h3,5-12H2,1-2,4H3,(H,30,31,32)/p-1. The van der Waals surface area contributed by atoms with E-state index in [1.807, 2.05) is 0 Å². The number of halogens is 7. The Morgan fingerprint density at radius 2 is 1.43 bits per heavy atom. The average Bonchev–Trinajstić information content (AvgIpc) is 2.70. The van der Waals surface area contributed by atoms with Gasteiger partial charge in [-0.2, -0.15) is 30.7 Å². The van der Waals surface area contributed by atoms with Gasteiger partial charge < -0.3 is 18.9 Å². The molecule has 0 aliphatic rings. The van der Waals surface area contributed by atoms with Crippen LogP contribution in [0.3, 0.4) is 0 Å². The third-order valence-corrected chi connectivity index (χ3v) is 5.48. The molecule has 0 saturated heterocycles. The lowest BCUT2D eigenvalue weighted by Gasteiger charge is -2.37. The average molecular weight is 546 g/mol. The SMILES string of the molecule is C=C(C)C(=O)OC(OCCC(F)(F)C(F)(F)S(=O)(=O)[O-])(C(=O)N(CCCC)CCCC)C(F)(F)F. The molecule has 0 N–H and O–H groups in total. The van der Waals surface area contributed by atoms with Gasteiger partial charge in [-0.3, -0.25) is 4.79 Å². The predicted octanol–water partition coefficient (Wildman–Crippen LogP) is 3.97. The Bertz CT molecular complexity index is 854. The number of ether oxygens (including phenoxy) is 2. The van der Waals surface area contributed by atoms with Crippen molar-refractivity contribution in [1.29, 1.82) is 0 Å². The summed E-state index contributed by atoms with van der Waals surface area (Å²) >= 11 is 0. The molecule has 1 amide bonds. The fraction of sp³-hybridized carbons (Fsp3) is 0.789. The number of hydrogen-bond acceptors (Lipinski definition) is 7. The van der Waals surface area contributed by atoms with Crippen LogP contribution in [0.15, 0.2) is 12.2 Å². The molecular formula is C19H27F7NO7S-. The van der Waals surface area contributed by atoms with Crippen molar-refractivity contribution in [3.05, 3.63) is 12.2 Å². The molecule has 0 aliphatic heterocycles. The van der Waals surface area contributed by atoms with E-state index in [1.165, 1.54) is 0 Å². The van der Waals surface area contributed by atoms with Gasteiger partial charge in [-0.25, -0.2) is 13.2 Å². The van der Waals surface area contributed by atoms with Crippen molar-refractivity contribution in [2.24, 2.45) is 0 Å². The second kappa shape index (κ2) is 12.3. The molecule has 0 aliphatic carbocycles. The number of unbranched alkanes of at least 4 members (excludes halogenated alkanes) is 2. The van der Waals surface area contributed by atoms with E-state index in [2.05, 4.69) is 16.1 Å². The molecule has 16 heteroatoms. The Labute approximate surface area is 198 Å². The lowest BCUT2D eigenvalue weighted by molar-refractivity contribution is -0.353. The quantitative estimate of drug-likeness (QED) is 0.100. The first-order valence-corrected chi connectivity index (χ1v) is 11.7. The van der Waals surface area contributed by atoms with Crippen LogP contribution >= 0.6 is 0 Å². The molecule has 0 aromatic rings. The van der Waals surface area contributed by atoms with Crippen LogP contribution in [0.4, 0.5) is 30.7 Å². The zero-order valence-corrected chi connectivity index (χ0v) is 20.0. The summed E-state index contributed by atoms with van der Waals surface area (Å²) in [7, 11) is -6.92. The Morgan fingerprint density at radius 1 is 0.971 bits per heavy atom. The maximum Gasteiger partial charge on any atom is 0.466 e. The van der Waals surface area contributed by atoms with Crippen molar-refractivity contribution in [3.8, 4) is 0 Å². The van der Waals surface area contributed by atoms with Crippen LogP contribution in [-0.2, 0) is 29.2 Å². The molecule has 0 saturated carbocycles. The molecule has 0 fully saturated rings. The normalized spacial score (nSPS) is 14.8. The molecule has 35 heavy (non-hydrogen) atoms. The van der Waals surface area contributed by atoms with Crippen molar-refractivity contribution in [3.63, 3.8) is 0 Å². The monoisotopic (exact) mass is 546 g/mol. The number of hydrogen-bond donors (Lipinski definition) is 0. The van der Waals surface area contributed by atoms with E-state index in [9.17, 15) is 53.3 Å². The van der Waals surface area contributed by atoms with Crippen molar-refractivity contribution in [2.45, 2.75) is 76.0 Å². The molecule has 0 bridgehead atoms. The van der Waals surface area contributed by atoms with E-state index in [0.717, 1.165) is 6.92 Å². The van der Waals surface area contributed by atoms with Crippen LogP contribution in [0, 0.1) is 0 Å². The van der Waals surface area contributed by atoms with Gasteiger partial charge in [0.2, 0.25) is 0 Å². The maximum atomic E-state index is 14.1. The highest BCUT2D eigenvalue weighted by Crippen LogP contribution is 2.42. The minimum atomic E-state index is -6.92. The summed E-state index contributed by atoms with van der Waals surface area (Å²) in [4.78, 5) is 25.6. The van der Waals surface area contributed by atoms with Gasteiger partial charge in [-0.05, 0) is 19.8 Å². The molecule has 0 aromatic heterocycles. The second-order valence-electron chi connectivity index (χ2n) is 7.56. The first-order valence-electron chi connectivity index (χ1n) is 10.3. The molecule has 0 heterocycles. The number of esters is 1. The summed E-state index contributed by atoms with van der Waals surface area (Å²) < 4.78 is 137. The van der Waals surface area contributed by atoms with Gasteiger partial charge in [-0.15, -0.1) is 0 Å². The topological polar surface area (TPSA) is 113 Å². The number of amides is 1. The highest BCUT2D eigenvalue weighted by molar-refractivity contribution is 7.86. The first-order chi connectivity index (χ1) is 15.7. The fourth-order valence-electron chi connectivity index (χ4n) is 2.49. The Hall–Kier alpha value is -1.94. The van der Waals surface area contributed by atoms with E-state index in [-0.39, 0.29) is 25.9 Å². The van der Waals surface area contributed by atoms with Crippen LogP contribution in [0.5, 0.6) is 0 Å². The first kappa shape index (κ1) is 33.1. The van der Waals surface area contributed by atoms with Crippen molar-refractivity contribution >= 4 is 22.0 Å². The molecular weight excluding hydrogens is 519 g/mol. The van der Waals surface area contributed by atoms with Gasteiger partial charge in [-0.1, -0.05) is 33.3 Å². The zero-order chi connectivity index (χ0) is 27.9. The zero-order valence-electron chi connectivity index (χ0n) is 19.2.